The van der Waals surface area contributed by atoms with Crippen LogP contribution in [-0.2, 0) is 20.9 Å². The molecule has 2 N–H and O–H groups in total. The molecule has 4 heterocycles. The third-order valence-electron chi connectivity index (χ3n) is 6.05. The minimum atomic E-state index is -2.72. The van der Waals surface area contributed by atoms with Gasteiger partial charge < -0.3 is 20.1 Å². The summed E-state index contributed by atoms with van der Waals surface area (Å²) < 4.78 is 39.7. The first-order chi connectivity index (χ1) is 15.5. The Balaban J connectivity index is 1.52. The van der Waals surface area contributed by atoms with Crippen molar-refractivity contribution in [1.82, 2.24) is 9.78 Å². The van der Waals surface area contributed by atoms with Crippen molar-refractivity contribution in [2.24, 2.45) is 5.73 Å². The summed E-state index contributed by atoms with van der Waals surface area (Å²) in [5.74, 6) is 1.70. The fourth-order valence-electron chi connectivity index (χ4n) is 4.54. The van der Waals surface area contributed by atoms with Gasteiger partial charge in [-0.3, -0.25) is 14.4 Å². The lowest BCUT2D eigenvalue weighted by Crippen LogP contribution is -2.40. The van der Waals surface area contributed by atoms with Crippen LogP contribution in [0.3, 0.4) is 0 Å². The molecule has 1 aromatic heterocycles. The van der Waals surface area contributed by atoms with Crippen LogP contribution >= 0.6 is 0 Å². The zero-order valence-electron chi connectivity index (χ0n) is 17.0. The molecule has 2 fully saturated rings. The first-order valence-corrected chi connectivity index (χ1v) is 10.3. The second-order valence-electron chi connectivity index (χ2n) is 7.88. The lowest BCUT2D eigenvalue weighted by Gasteiger charge is -2.25. The zero-order valence-corrected chi connectivity index (χ0v) is 17.0. The molecule has 1 aromatic carbocycles. The van der Waals surface area contributed by atoms with E-state index in [1.165, 1.54) is 0 Å². The van der Waals surface area contributed by atoms with Crippen molar-refractivity contribution in [2.75, 3.05) is 29.6 Å². The molecule has 0 spiro atoms. The molecule has 168 valence electrons. The van der Waals surface area contributed by atoms with E-state index in [2.05, 4.69) is 5.10 Å². The number of carbonyl (C=O) groups is 1. The molecule has 5 rings (SSSR count). The normalized spacial score (nSPS) is 22.2. The third-order valence-corrected chi connectivity index (χ3v) is 6.05. The number of nitrogens with two attached hydrogens (primary N) is 1. The Morgan fingerprint density at radius 2 is 2.09 bits per heavy atom. The van der Waals surface area contributed by atoms with Crippen LogP contribution in [0, 0.1) is 0 Å². The van der Waals surface area contributed by atoms with E-state index in [0.29, 0.717) is 31.0 Å². The maximum Gasteiger partial charge on any atom is 0.284 e. The highest BCUT2D eigenvalue weighted by atomic mass is 19.3. The standard InChI is InChI=1S/C21H21F2N5O4/c22-20(23)16-11-32-19(10-29)28(16)18-9-15-13-4-3-12(26-5-1-2-14(26)21(24)30)8-17(13)31-7-6-27(15)25-18/h3-4,8-9,14,16,20H,1-2,5-7,11H2,(H2,24,30)/t14-,16-/m0/s1. The highest BCUT2D eigenvalue weighted by Crippen LogP contribution is 2.40. The van der Waals surface area contributed by atoms with E-state index in [-0.39, 0.29) is 30.3 Å². The number of fused-ring (bicyclic) bond motifs is 3. The van der Waals surface area contributed by atoms with Crippen LogP contribution in [-0.4, -0.2) is 59.9 Å². The molecule has 2 aromatic rings. The Bertz CT molecular complexity index is 1110. The predicted octanol–water partition coefficient (Wildman–Crippen LogP) is 1.54. The number of benzene rings is 1. The molecule has 0 radical (unpaired) electrons. The number of rotatable bonds is 4. The van der Waals surface area contributed by atoms with Gasteiger partial charge in [-0.2, -0.15) is 5.10 Å². The van der Waals surface area contributed by atoms with Gasteiger partial charge in [-0.1, -0.05) is 0 Å². The Kier molecular flexibility index (Phi) is 4.97. The lowest BCUT2D eigenvalue weighted by atomic mass is 10.1. The van der Waals surface area contributed by atoms with Crippen LogP contribution in [0.4, 0.5) is 20.3 Å². The van der Waals surface area contributed by atoms with Crippen molar-refractivity contribution in [3.05, 3.63) is 30.1 Å². The molecule has 2 atom stereocenters. The minimum Gasteiger partial charge on any atom is -0.491 e. The molecule has 32 heavy (non-hydrogen) atoms. The average Bonchev–Trinajstić information content (AvgIpc) is 3.49. The van der Waals surface area contributed by atoms with Crippen molar-refractivity contribution in [3.63, 3.8) is 0 Å². The topological polar surface area (TPSA) is 103 Å². The molecular formula is C21H21F2N5O4. The van der Waals surface area contributed by atoms with Crippen LogP contribution in [0.25, 0.3) is 11.3 Å². The third kappa shape index (κ3) is 3.25. The summed E-state index contributed by atoms with van der Waals surface area (Å²) in [5.41, 5.74) is 7.77. The van der Waals surface area contributed by atoms with E-state index in [1.807, 2.05) is 23.1 Å². The molecule has 0 aliphatic carbocycles. The highest BCUT2D eigenvalue weighted by Gasteiger charge is 2.40. The predicted molar refractivity (Wildman–Crippen MR) is 110 cm³/mol. The highest BCUT2D eigenvalue weighted by molar-refractivity contribution is 5.85. The summed E-state index contributed by atoms with van der Waals surface area (Å²) in [6, 6.07) is 5.55. The summed E-state index contributed by atoms with van der Waals surface area (Å²) in [6.07, 6.45) is -1.14. The second kappa shape index (κ2) is 7.83. The summed E-state index contributed by atoms with van der Waals surface area (Å²) in [7, 11) is 0. The summed E-state index contributed by atoms with van der Waals surface area (Å²) in [4.78, 5) is 26.1. The van der Waals surface area contributed by atoms with Crippen molar-refractivity contribution < 1.29 is 27.8 Å². The van der Waals surface area contributed by atoms with E-state index in [9.17, 15) is 18.4 Å². The van der Waals surface area contributed by atoms with Crippen LogP contribution < -0.4 is 20.3 Å². The number of aromatic nitrogens is 2. The van der Waals surface area contributed by atoms with Crippen LogP contribution in [0.2, 0.25) is 0 Å². The quantitative estimate of drug-likeness (QED) is 0.712. The maximum atomic E-state index is 13.5. The largest absolute Gasteiger partial charge is 0.491 e. The number of amides is 1. The van der Waals surface area contributed by atoms with Gasteiger partial charge in [-0.05, 0) is 25.0 Å². The summed E-state index contributed by atoms with van der Waals surface area (Å²) in [5, 5.41) is 4.44. The smallest absolute Gasteiger partial charge is 0.284 e. The molecule has 9 nitrogen and oxygen atoms in total. The van der Waals surface area contributed by atoms with Gasteiger partial charge in [0, 0.05) is 29.9 Å². The number of hydrogen-bond acceptors (Lipinski definition) is 7. The van der Waals surface area contributed by atoms with Crippen molar-refractivity contribution in [1.29, 1.82) is 0 Å². The van der Waals surface area contributed by atoms with Gasteiger partial charge in [0.2, 0.25) is 5.91 Å². The Morgan fingerprint density at radius 3 is 2.84 bits per heavy atom. The molecule has 0 saturated carbocycles. The Hall–Kier alpha value is -3.59. The number of ether oxygens (including phenoxy) is 2. The fourth-order valence-corrected chi connectivity index (χ4v) is 4.54. The van der Waals surface area contributed by atoms with Crippen molar-refractivity contribution in [3.8, 4) is 17.0 Å². The lowest BCUT2D eigenvalue weighted by molar-refractivity contribution is -0.119. The van der Waals surface area contributed by atoms with E-state index in [1.54, 1.807) is 16.7 Å². The van der Waals surface area contributed by atoms with Crippen LogP contribution in [0.15, 0.2) is 30.1 Å². The van der Waals surface area contributed by atoms with Gasteiger partial charge in [0.15, 0.2) is 11.8 Å². The number of hydrogen-bond donors (Lipinski definition) is 1. The monoisotopic (exact) mass is 445 g/mol. The van der Waals surface area contributed by atoms with Gasteiger partial charge in [-0.15, -0.1) is 0 Å². The number of anilines is 2. The molecule has 3 aliphatic rings. The molecule has 0 unspecified atom stereocenters. The number of carbonyl (C=O) groups excluding carboxylic acids is 2. The number of primary amides is 1. The summed E-state index contributed by atoms with van der Waals surface area (Å²) >= 11 is 0. The molecular weight excluding hydrogens is 424 g/mol. The summed E-state index contributed by atoms with van der Waals surface area (Å²) in [6.45, 7) is 1.11. The zero-order chi connectivity index (χ0) is 22.4. The number of halogens is 2. The van der Waals surface area contributed by atoms with E-state index < -0.39 is 12.5 Å². The Labute approximate surface area is 182 Å². The van der Waals surface area contributed by atoms with Gasteiger partial charge >= 0.3 is 0 Å². The van der Waals surface area contributed by atoms with Gasteiger partial charge in [-0.25, -0.2) is 13.6 Å². The fraction of sp³-hybridized carbons (Fsp3) is 0.429. The minimum absolute atomic E-state index is 0.186. The maximum absolute atomic E-state index is 13.5. The Morgan fingerprint density at radius 1 is 1.25 bits per heavy atom. The van der Waals surface area contributed by atoms with E-state index >= 15 is 0 Å². The SMILES string of the molecule is NC(=O)[C@@H]1CCCN1c1ccc2c(c1)OCCn1nc(N3C(=C=O)OC[C@H]3C(F)F)cc1-2. The van der Waals surface area contributed by atoms with Crippen molar-refractivity contribution in [2.45, 2.75) is 37.9 Å². The van der Waals surface area contributed by atoms with E-state index in [0.717, 1.165) is 29.1 Å². The molecule has 2 saturated heterocycles. The van der Waals surface area contributed by atoms with Gasteiger partial charge in [0.25, 0.3) is 12.3 Å². The number of nitrogens with zero attached hydrogens (tertiary/aromatic N) is 4. The van der Waals surface area contributed by atoms with Gasteiger partial charge in [0.1, 0.15) is 31.0 Å². The number of alkyl halides is 2. The molecule has 11 heteroatoms. The van der Waals surface area contributed by atoms with Crippen molar-refractivity contribution >= 4 is 23.4 Å². The van der Waals surface area contributed by atoms with Gasteiger partial charge in [0.05, 0.1) is 12.2 Å². The molecule has 1 amide bonds. The van der Waals surface area contributed by atoms with Crippen LogP contribution in [0.1, 0.15) is 12.8 Å². The molecule has 3 aliphatic heterocycles. The van der Waals surface area contributed by atoms with E-state index in [4.69, 9.17) is 15.2 Å². The second-order valence-corrected chi connectivity index (χ2v) is 7.88. The first kappa shape index (κ1) is 20.3. The average molecular weight is 445 g/mol. The molecule has 0 bridgehead atoms. The van der Waals surface area contributed by atoms with Crippen LogP contribution in [0.5, 0.6) is 5.75 Å². The first-order valence-electron chi connectivity index (χ1n) is 10.3.